The van der Waals surface area contributed by atoms with Gasteiger partial charge in [-0.15, -0.1) is 0 Å². The number of anilines is 1. The Morgan fingerprint density at radius 3 is 3.45 bits per heavy atom. The van der Waals surface area contributed by atoms with E-state index in [9.17, 15) is 4.39 Å². The van der Waals surface area contributed by atoms with Crippen molar-refractivity contribution < 1.29 is 9.13 Å². The molecule has 0 amide bonds. The average molecular weight is 154 g/mol. The Balaban J connectivity index is 2.43. The summed E-state index contributed by atoms with van der Waals surface area (Å²) in [5, 5.41) is 2.98. The SMILES string of the molecule is Fc1cnc2c(c1)NCCO2. The minimum Gasteiger partial charge on any atom is -0.474 e. The number of pyridine rings is 1. The van der Waals surface area contributed by atoms with Gasteiger partial charge in [0, 0.05) is 12.6 Å². The van der Waals surface area contributed by atoms with E-state index in [-0.39, 0.29) is 5.82 Å². The van der Waals surface area contributed by atoms with Crippen LogP contribution in [0.2, 0.25) is 0 Å². The summed E-state index contributed by atoms with van der Waals surface area (Å²) >= 11 is 0. The molecule has 0 atom stereocenters. The number of nitrogens with one attached hydrogen (secondary N) is 1. The molecule has 58 valence electrons. The van der Waals surface area contributed by atoms with E-state index in [1.54, 1.807) is 0 Å². The first kappa shape index (κ1) is 6.39. The average Bonchev–Trinajstić information content (AvgIpc) is 2.04. The summed E-state index contributed by atoms with van der Waals surface area (Å²) in [6.07, 6.45) is 1.14. The van der Waals surface area contributed by atoms with Gasteiger partial charge < -0.3 is 10.1 Å². The second-order valence-electron chi connectivity index (χ2n) is 2.28. The monoisotopic (exact) mass is 154 g/mol. The fourth-order valence-electron chi connectivity index (χ4n) is 1.00. The van der Waals surface area contributed by atoms with Crippen molar-refractivity contribution in [2.45, 2.75) is 0 Å². The van der Waals surface area contributed by atoms with E-state index in [1.165, 1.54) is 6.07 Å². The lowest BCUT2D eigenvalue weighted by atomic mass is 10.3. The normalized spacial score (nSPS) is 14.6. The molecule has 0 radical (unpaired) electrons. The van der Waals surface area contributed by atoms with Gasteiger partial charge in [0.1, 0.15) is 18.1 Å². The number of hydrogen-bond acceptors (Lipinski definition) is 3. The van der Waals surface area contributed by atoms with E-state index in [2.05, 4.69) is 10.3 Å². The first-order valence-corrected chi connectivity index (χ1v) is 3.38. The third kappa shape index (κ3) is 1.11. The summed E-state index contributed by atoms with van der Waals surface area (Å²) in [5.41, 5.74) is 0.635. The van der Waals surface area contributed by atoms with Gasteiger partial charge in [0.25, 0.3) is 0 Å². The van der Waals surface area contributed by atoms with Crippen molar-refractivity contribution in [2.24, 2.45) is 0 Å². The summed E-state index contributed by atoms with van der Waals surface area (Å²) in [6.45, 7) is 1.30. The molecule has 0 unspecified atom stereocenters. The number of aromatic nitrogens is 1. The quantitative estimate of drug-likeness (QED) is 0.605. The zero-order valence-corrected chi connectivity index (χ0v) is 5.80. The number of halogens is 1. The Hall–Kier alpha value is -1.32. The van der Waals surface area contributed by atoms with Crippen LogP contribution in [0.1, 0.15) is 0 Å². The molecule has 0 saturated carbocycles. The van der Waals surface area contributed by atoms with Gasteiger partial charge in [-0.05, 0) is 0 Å². The van der Waals surface area contributed by atoms with Crippen molar-refractivity contribution >= 4 is 5.69 Å². The minimum absolute atomic E-state index is 0.346. The molecule has 0 spiro atoms. The second kappa shape index (κ2) is 2.38. The van der Waals surface area contributed by atoms with Gasteiger partial charge in [0.15, 0.2) is 0 Å². The minimum atomic E-state index is -0.346. The lowest BCUT2D eigenvalue weighted by Gasteiger charge is -2.16. The molecule has 0 saturated heterocycles. The van der Waals surface area contributed by atoms with Gasteiger partial charge >= 0.3 is 0 Å². The summed E-state index contributed by atoms with van der Waals surface area (Å²) in [4.78, 5) is 3.76. The van der Waals surface area contributed by atoms with Gasteiger partial charge in [-0.2, -0.15) is 0 Å². The highest BCUT2D eigenvalue weighted by Gasteiger charge is 2.10. The molecule has 1 aromatic rings. The summed E-state index contributed by atoms with van der Waals surface area (Å²) < 4.78 is 17.7. The molecule has 2 rings (SSSR count). The first-order valence-electron chi connectivity index (χ1n) is 3.38. The van der Waals surface area contributed by atoms with E-state index >= 15 is 0 Å². The Morgan fingerprint density at radius 1 is 1.64 bits per heavy atom. The van der Waals surface area contributed by atoms with Crippen LogP contribution in [0.25, 0.3) is 0 Å². The van der Waals surface area contributed by atoms with Crippen LogP contribution in [0.15, 0.2) is 12.3 Å². The van der Waals surface area contributed by atoms with Gasteiger partial charge in [-0.1, -0.05) is 0 Å². The van der Waals surface area contributed by atoms with Crippen molar-refractivity contribution in [1.82, 2.24) is 4.98 Å². The number of ether oxygens (including phenoxy) is 1. The maximum absolute atomic E-state index is 12.5. The zero-order chi connectivity index (χ0) is 7.68. The molecule has 1 aliphatic rings. The van der Waals surface area contributed by atoms with Gasteiger partial charge in [0.2, 0.25) is 5.88 Å². The lowest BCUT2D eigenvalue weighted by molar-refractivity contribution is 0.309. The number of rotatable bonds is 0. The standard InChI is InChI=1S/C7H7FN2O/c8-5-3-6-7(10-4-5)11-2-1-9-6/h3-4,9H,1-2H2. The van der Waals surface area contributed by atoms with Crippen LogP contribution in [0.4, 0.5) is 10.1 Å². The fraction of sp³-hybridized carbons (Fsp3) is 0.286. The van der Waals surface area contributed by atoms with Crippen molar-refractivity contribution in [3.63, 3.8) is 0 Å². The topological polar surface area (TPSA) is 34.2 Å². The predicted octanol–water partition coefficient (Wildman–Crippen LogP) is 1.02. The summed E-state index contributed by atoms with van der Waals surface area (Å²) in [7, 11) is 0. The molecule has 0 fully saturated rings. The van der Waals surface area contributed by atoms with E-state index in [0.717, 1.165) is 6.20 Å². The maximum atomic E-state index is 12.5. The fourth-order valence-corrected chi connectivity index (χ4v) is 1.00. The first-order chi connectivity index (χ1) is 5.36. The van der Waals surface area contributed by atoms with E-state index in [1.807, 2.05) is 0 Å². The zero-order valence-electron chi connectivity index (χ0n) is 5.80. The number of fused-ring (bicyclic) bond motifs is 1. The molecule has 11 heavy (non-hydrogen) atoms. The van der Waals surface area contributed by atoms with E-state index < -0.39 is 0 Å². The van der Waals surface area contributed by atoms with Crippen molar-refractivity contribution in [2.75, 3.05) is 18.5 Å². The largest absolute Gasteiger partial charge is 0.474 e. The molecule has 2 heterocycles. The predicted molar refractivity (Wildman–Crippen MR) is 38.2 cm³/mol. The molecule has 1 N–H and O–H groups in total. The van der Waals surface area contributed by atoms with Crippen molar-refractivity contribution in [3.05, 3.63) is 18.1 Å². The number of nitrogens with zero attached hydrogens (tertiary/aromatic N) is 1. The molecule has 0 aliphatic carbocycles. The lowest BCUT2D eigenvalue weighted by Crippen LogP contribution is -2.18. The molecular formula is C7H7FN2O. The molecule has 0 aromatic carbocycles. The number of hydrogen-bond donors (Lipinski definition) is 1. The third-order valence-electron chi connectivity index (χ3n) is 1.47. The highest BCUT2D eigenvalue weighted by Crippen LogP contribution is 2.23. The Labute approximate surface area is 63.2 Å². The van der Waals surface area contributed by atoms with Crippen LogP contribution >= 0.6 is 0 Å². The molecule has 0 bridgehead atoms. The molecule has 1 aliphatic heterocycles. The molecular weight excluding hydrogens is 147 g/mol. The maximum Gasteiger partial charge on any atom is 0.237 e. The van der Waals surface area contributed by atoms with Crippen LogP contribution in [-0.4, -0.2) is 18.1 Å². The molecule has 1 aromatic heterocycles. The van der Waals surface area contributed by atoms with Crippen molar-refractivity contribution in [1.29, 1.82) is 0 Å². The third-order valence-corrected chi connectivity index (χ3v) is 1.47. The highest BCUT2D eigenvalue weighted by molar-refractivity contribution is 5.53. The smallest absolute Gasteiger partial charge is 0.237 e. The van der Waals surface area contributed by atoms with Crippen molar-refractivity contribution in [3.8, 4) is 5.88 Å². The summed E-state index contributed by atoms with van der Waals surface area (Å²) in [5.74, 6) is 0.138. The highest BCUT2D eigenvalue weighted by atomic mass is 19.1. The van der Waals surface area contributed by atoms with Crippen LogP contribution in [0, 0.1) is 5.82 Å². The molecule has 4 heteroatoms. The summed E-state index contributed by atoms with van der Waals surface area (Å²) in [6, 6.07) is 1.38. The Morgan fingerprint density at radius 2 is 2.55 bits per heavy atom. The van der Waals surface area contributed by atoms with Gasteiger partial charge in [-0.25, -0.2) is 9.37 Å². The van der Waals surface area contributed by atoms with Crippen LogP contribution < -0.4 is 10.1 Å². The Kier molecular flexibility index (Phi) is 1.38. The second-order valence-corrected chi connectivity index (χ2v) is 2.28. The van der Waals surface area contributed by atoms with Gasteiger partial charge in [0.05, 0.1) is 6.20 Å². The Bertz CT molecular complexity index is 277. The van der Waals surface area contributed by atoms with Gasteiger partial charge in [-0.3, -0.25) is 0 Å². The van der Waals surface area contributed by atoms with Crippen LogP contribution in [0.5, 0.6) is 5.88 Å². The van der Waals surface area contributed by atoms with E-state index in [4.69, 9.17) is 4.74 Å². The van der Waals surface area contributed by atoms with E-state index in [0.29, 0.717) is 24.7 Å². The van der Waals surface area contributed by atoms with Crippen LogP contribution in [0.3, 0.4) is 0 Å². The molecule has 3 nitrogen and oxygen atoms in total. The van der Waals surface area contributed by atoms with Crippen LogP contribution in [-0.2, 0) is 0 Å².